The minimum atomic E-state index is 0.0119. The molecule has 3 rings (SSSR count). The number of hydrogen-bond donors (Lipinski definition) is 1. The van der Waals surface area contributed by atoms with Gasteiger partial charge in [0.2, 0.25) is 5.91 Å². The highest BCUT2D eigenvalue weighted by atomic mass is 32.1. The van der Waals surface area contributed by atoms with E-state index in [0.717, 1.165) is 54.0 Å². The molecule has 0 aliphatic carbocycles. The van der Waals surface area contributed by atoms with Crippen LogP contribution in [0, 0.1) is 13.8 Å². The third kappa shape index (κ3) is 4.08. The summed E-state index contributed by atoms with van der Waals surface area (Å²) in [7, 11) is 0. The van der Waals surface area contributed by atoms with E-state index in [2.05, 4.69) is 49.0 Å². The van der Waals surface area contributed by atoms with Gasteiger partial charge in [-0.25, -0.2) is 4.98 Å². The number of thiocarbonyl (C=S) groups is 1. The molecular weight excluding hydrogens is 368 g/mol. The fourth-order valence-corrected chi connectivity index (χ4v) is 3.83. The highest BCUT2D eigenvalue weighted by Crippen LogP contribution is 2.38. The number of anilines is 3. The van der Waals surface area contributed by atoms with Crippen molar-refractivity contribution in [3.05, 3.63) is 47.2 Å². The second-order valence-corrected chi connectivity index (χ2v) is 7.70. The molecule has 5 nitrogen and oxygen atoms in total. The lowest BCUT2D eigenvalue weighted by molar-refractivity contribution is -0.119. The Morgan fingerprint density at radius 1 is 1.18 bits per heavy atom. The van der Waals surface area contributed by atoms with Gasteiger partial charge in [0.25, 0.3) is 0 Å². The summed E-state index contributed by atoms with van der Waals surface area (Å²) < 4.78 is 0. The molecule has 0 unspecified atom stereocenters. The zero-order valence-corrected chi connectivity index (χ0v) is 17.9. The number of carbonyl (C=O) groups is 1. The van der Waals surface area contributed by atoms with Crippen molar-refractivity contribution in [2.24, 2.45) is 0 Å². The first-order valence-corrected chi connectivity index (χ1v) is 10.3. The number of fused-ring (bicyclic) bond motifs is 2. The van der Waals surface area contributed by atoms with Gasteiger partial charge in [-0.1, -0.05) is 26.1 Å². The number of benzene rings is 1. The second kappa shape index (κ2) is 8.80. The van der Waals surface area contributed by atoms with Gasteiger partial charge in [-0.15, -0.1) is 0 Å². The number of pyridine rings is 1. The predicted octanol–water partition coefficient (Wildman–Crippen LogP) is 4.59. The van der Waals surface area contributed by atoms with Crippen LogP contribution >= 0.6 is 12.2 Å². The van der Waals surface area contributed by atoms with E-state index in [-0.39, 0.29) is 5.91 Å². The normalized spacial score (nSPS) is 13.0. The molecule has 0 fully saturated rings. The maximum Gasteiger partial charge on any atom is 0.246 e. The van der Waals surface area contributed by atoms with E-state index in [4.69, 9.17) is 12.2 Å². The van der Waals surface area contributed by atoms with Gasteiger partial charge in [0, 0.05) is 6.20 Å². The lowest BCUT2D eigenvalue weighted by Crippen LogP contribution is -2.39. The summed E-state index contributed by atoms with van der Waals surface area (Å²) in [5.74, 6) is 0.609. The number of carbonyl (C=O) groups excluding carboxylic acids is 1. The lowest BCUT2D eigenvalue weighted by Gasteiger charge is -2.27. The standard InChI is InChI=1S/C22H28N4OS/c1-5-10-25(11-6-2)14-20(27)26-19-13-16(4)15(3)12-18(19)24-22(28)17-8-7-9-23-21(17)26/h7-9,12-13H,5-6,10-11,14H2,1-4H3,(H,24,28). The molecule has 1 amide bonds. The van der Waals surface area contributed by atoms with Crippen LogP contribution in [-0.4, -0.2) is 40.4 Å². The van der Waals surface area contributed by atoms with Crippen LogP contribution in [0.15, 0.2) is 30.5 Å². The Morgan fingerprint density at radius 3 is 2.54 bits per heavy atom. The first kappa shape index (κ1) is 20.4. The van der Waals surface area contributed by atoms with E-state index in [0.29, 0.717) is 17.4 Å². The largest absolute Gasteiger partial charge is 0.344 e. The summed E-state index contributed by atoms with van der Waals surface area (Å²) >= 11 is 5.61. The quantitative estimate of drug-likeness (QED) is 0.724. The van der Waals surface area contributed by atoms with Crippen LogP contribution in [-0.2, 0) is 4.79 Å². The van der Waals surface area contributed by atoms with E-state index >= 15 is 0 Å². The molecule has 0 spiro atoms. The first-order chi connectivity index (χ1) is 13.5. The molecule has 1 aliphatic heterocycles. The molecule has 6 heteroatoms. The Bertz CT molecular complexity index is 890. The Labute approximate surface area is 172 Å². The first-order valence-electron chi connectivity index (χ1n) is 9.89. The van der Waals surface area contributed by atoms with E-state index in [1.807, 2.05) is 18.2 Å². The molecule has 1 N–H and O–H groups in total. The summed E-state index contributed by atoms with van der Waals surface area (Å²) in [5.41, 5.74) is 4.70. The van der Waals surface area contributed by atoms with E-state index in [9.17, 15) is 4.79 Å². The average Bonchev–Trinajstić information content (AvgIpc) is 2.77. The molecule has 1 aromatic heterocycles. The molecule has 28 heavy (non-hydrogen) atoms. The molecule has 148 valence electrons. The summed E-state index contributed by atoms with van der Waals surface area (Å²) in [4.78, 5) is 22.6. The summed E-state index contributed by atoms with van der Waals surface area (Å²) in [6.07, 6.45) is 3.74. The Hall–Kier alpha value is -2.31. The summed E-state index contributed by atoms with van der Waals surface area (Å²) in [6.45, 7) is 10.6. The molecule has 0 saturated heterocycles. The molecule has 0 saturated carbocycles. The number of nitrogens with zero attached hydrogens (tertiary/aromatic N) is 3. The molecule has 1 aliphatic rings. The highest BCUT2D eigenvalue weighted by molar-refractivity contribution is 7.81. The zero-order chi connectivity index (χ0) is 20.3. The number of nitrogens with one attached hydrogen (secondary N) is 1. The van der Waals surface area contributed by atoms with Gasteiger partial charge >= 0.3 is 0 Å². The second-order valence-electron chi connectivity index (χ2n) is 7.29. The van der Waals surface area contributed by atoms with Gasteiger partial charge in [-0.05, 0) is 75.2 Å². The smallest absolute Gasteiger partial charge is 0.246 e. The van der Waals surface area contributed by atoms with Gasteiger partial charge in [0.1, 0.15) is 10.8 Å². The monoisotopic (exact) mass is 396 g/mol. The lowest BCUT2D eigenvalue weighted by atomic mass is 10.1. The number of amides is 1. The number of aromatic nitrogens is 1. The molecule has 0 radical (unpaired) electrons. The third-order valence-electron chi connectivity index (χ3n) is 5.03. The minimum absolute atomic E-state index is 0.0119. The Kier molecular flexibility index (Phi) is 6.42. The third-order valence-corrected chi connectivity index (χ3v) is 5.35. The molecule has 2 aromatic rings. The average molecular weight is 397 g/mol. The van der Waals surface area contributed by atoms with Gasteiger partial charge in [0.15, 0.2) is 0 Å². The Balaban J connectivity index is 2.10. The van der Waals surface area contributed by atoms with E-state index in [1.165, 1.54) is 0 Å². The van der Waals surface area contributed by atoms with Crippen molar-refractivity contribution in [1.82, 2.24) is 9.88 Å². The fraction of sp³-hybridized carbons (Fsp3) is 0.409. The number of hydrogen-bond acceptors (Lipinski definition) is 4. The van der Waals surface area contributed by atoms with Crippen LogP contribution in [0.1, 0.15) is 43.4 Å². The fourth-order valence-electron chi connectivity index (χ4n) is 3.56. The van der Waals surface area contributed by atoms with Crippen molar-refractivity contribution >= 4 is 40.3 Å². The maximum atomic E-state index is 13.5. The van der Waals surface area contributed by atoms with Crippen molar-refractivity contribution in [3.63, 3.8) is 0 Å². The minimum Gasteiger partial charge on any atom is -0.344 e. The highest BCUT2D eigenvalue weighted by Gasteiger charge is 2.30. The van der Waals surface area contributed by atoms with Gasteiger partial charge < -0.3 is 5.32 Å². The SMILES string of the molecule is CCCN(CCC)CC(=O)N1c2cc(C)c(C)cc2NC(=S)c2cccnc21. The van der Waals surface area contributed by atoms with Crippen molar-refractivity contribution in [2.75, 3.05) is 29.9 Å². The predicted molar refractivity (Wildman–Crippen MR) is 120 cm³/mol. The van der Waals surface area contributed by atoms with Crippen LogP contribution in [0.5, 0.6) is 0 Å². The molecule has 1 aromatic carbocycles. The topological polar surface area (TPSA) is 48.5 Å². The number of aryl methyl sites for hydroxylation is 2. The molecule has 0 bridgehead atoms. The maximum absolute atomic E-state index is 13.5. The number of rotatable bonds is 6. The molecule has 0 atom stereocenters. The van der Waals surface area contributed by atoms with Gasteiger partial charge in [-0.2, -0.15) is 0 Å². The van der Waals surface area contributed by atoms with Crippen LogP contribution in [0.25, 0.3) is 0 Å². The van der Waals surface area contributed by atoms with Crippen LogP contribution < -0.4 is 10.2 Å². The van der Waals surface area contributed by atoms with Crippen LogP contribution in [0.2, 0.25) is 0 Å². The summed E-state index contributed by atoms with van der Waals surface area (Å²) in [5, 5.41) is 3.32. The van der Waals surface area contributed by atoms with Crippen molar-refractivity contribution in [3.8, 4) is 0 Å². The van der Waals surface area contributed by atoms with E-state index in [1.54, 1.807) is 11.1 Å². The van der Waals surface area contributed by atoms with Crippen molar-refractivity contribution in [1.29, 1.82) is 0 Å². The van der Waals surface area contributed by atoms with Gasteiger partial charge in [0.05, 0.1) is 23.5 Å². The van der Waals surface area contributed by atoms with Crippen molar-refractivity contribution in [2.45, 2.75) is 40.5 Å². The van der Waals surface area contributed by atoms with Crippen LogP contribution in [0.4, 0.5) is 17.2 Å². The zero-order valence-electron chi connectivity index (χ0n) is 17.1. The summed E-state index contributed by atoms with van der Waals surface area (Å²) in [6, 6.07) is 7.87. The van der Waals surface area contributed by atoms with E-state index < -0.39 is 0 Å². The van der Waals surface area contributed by atoms with Crippen LogP contribution in [0.3, 0.4) is 0 Å². The molecular formula is C22H28N4OS. The Morgan fingerprint density at radius 2 is 1.86 bits per heavy atom. The van der Waals surface area contributed by atoms with Crippen molar-refractivity contribution < 1.29 is 4.79 Å². The van der Waals surface area contributed by atoms with Gasteiger partial charge in [-0.3, -0.25) is 14.6 Å². The molecule has 2 heterocycles.